The summed E-state index contributed by atoms with van der Waals surface area (Å²) in [7, 11) is 0. The maximum absolute atomic E-state index is 2.38. The van der Waals surface area contributed by atoms with E-state index in [4.69, 9.17) is 0 Å². The summed E-state index contributed by atoms with van der Waals surface area (Å²) in [6, 6.07) is 0. The number of hydrogen-bond donors (Lipinski definition) is 0. The van der Waals surface area contributed by atoms with Gasteiger partial charge in [0.15, 0.2) is 0 Å². The van der Waals surface area contributed by atoms with Crippen molar-refractivity contribution in [2.24, 2.45) is 0 Å². The van der Waals surface area contributed by atoms with Gasteiger partial charge in [-0.2, -0.15) is 0 Å². The Bertz CT molecular complexity index is 111. The van der Waals surface area contributed by atoms with Crippen LogP contribution in [0.1, 0.15) is 6.42 Å². The molecule has 0 atom stereocenters. The van der Waals surface area contributed by atoms with Crippen molar-refractivity contribution in [3.63, 3.8) is 0 Å². The first-order chi connectivity index (χ1) is 3.43. The van der Waals surface area contributed by atoms with Crippen LogP contribution in [0.3, 0.4) is 0 Å². The van der Waals surface area contributed by atoms with E-state index in [1.165, 1.54) is 6.42 Å². The Hall–Kier alpha value is 0.103. The van der Waals surface area contributed by atoms with Gasteiger partial charge in [0.1, 0.15) is 0 Å². The molecule has 1 rings (SSSR count). The molecule has 1 heteroatoms. The molecule has 0 saturated carbocycles. The summed E-state index contributed by atoms with van der Waals surface area (Å²) in [6.45, 7) is 0. The van der Waals surface area contributed by atoms with Crippen molar-refractivity contribution in [1.29, 1.82) is 0 Å². The average molecular weight is 146 g/mol. The van der Waals surface area contributed by atoms with Gasteiger partial charge in [-0.15, -0.1) is 0 Å². The van der Waals surface area contributed by atoms with Gasteiger partial charge in [0.2, 0.25) is 0 Å². The molecular formula is C6H8Zn. The van der Waals surface area contributed by atoms with Gasteiger partial charge in [-0.25, -0.2) is 0 Å². The molecule has 1 aliphatic carbocycles. The Kier molecular flexibility index (Phi) is 1.81. The molecule has 0 amide bonds. The van der Waals surface area contributed by atoms with E-state index >= 15 is 0 Å². The standard InChI is InChI=1S/C5H5.CH3.Zn/c1-2-4-5-3-1;;/h1-3H,4H2;1H3;. The molecule has 1 aliphatic rings. The van der Waals surface area contributed by atoms with Crippen molar-refractivity contribution in [2.45, 2.75) is 11.9 Å². The van der Waals surface area contributed by atoms with Crippen molar-refractivity contribution in [2.75, 3.05) is 0 Å². The monoisotopic (exact) mass is 144 g/mol. The third-order valence-corrected chi connectivity index (χ3v) is 4.31. The van der Waals surface area contributed by atoms with E-state index in [0.717, 1.165) is 0 Å². The number of rotatable bonds is 1. The molecule has 0 saturated heterocycles. The Balaban J connectivity index is 2.45. The van der Waals surface area contributed by atoms with Gasteiger partial charge in [0, 0.05) is 0 Å². The van der Waals surface area contributed by atoms with Crippen LogP contribution < -0.4 is 0 Å². The SMILES string of the molecule is [CH3][Zn][C]1=CC=CC1. The molecular weight excluding hydrogens is 137 g/mol. The van der Waals surface area contributed by atoms with Gasteiger partial charge in [-0.1, -0.05) is 0 Å². The molecule has 0 nitrogen and oxygen atoms in total. The molecule has 0 aromatic rings. The van der Waals surface area contributed by atoms with E-state index in [1.807, 2.05) is 0 Å². The Morgan fingerprint density at radius 1 is 1.71 bits per heavy atom. The summed E-state index contributed by atoms with van der Waals surface area (Å²) in [5.74, 6) is 0. The van der Waals surface area contributed by atoms with E-state index in [0.29, 0.717) is 0 Å². The van der Waals surface area contributed by atoms with E-state index < -0.39 is 0 Å². The normalized spacial score (nSPS) is 16.4. The zero-order valence-corrected chi connectivity index (χ0v) is 7.61. The summed E-state index contributed by atoms with van der Waals surface area (Å²) in [6.07, 6.45) is 7.96. The molecule has 0 radical (unpaired) electrons. The van der Waals surface area contributed by atoms with E-state index in [9.17, 15) is 0 Å². The molecule has 34 valence electrons. The van der Waals surface area contributed by atoms with Crippen molar-refractivity contribution in [1.82, 2.24) is 0 Å². The fraction of sp³-hybridized carbons (Fsp3) is 0.333. The molecule has 0 aliphatic heterocycles. The van der Waals surface area contributed by atoms with Crippen LogP contribution in [-0.4, -0.2) is 0 Å². The molecule has 0 spiro atoms. The van der Waals surface area contributed by atoms with Gasteiger partial charge in [-0.3, -0.25) is 0 Å². The van der Waals surface area contributed by atoms with Crippen LogP contribution >= 0.6 is 0 Å². The van der Waals surface area contributed by atoms with Crippen molar-refractivity contribution in [3.8, 4) is 0 Å². The van der Waals surface area contributed by atoms with Crippen molar-refractivity contribution in [3.05, 3.63) is 22.4 Å². The van der Waals surface area contributed by atoms with E-state index in [2.05, 4.69) is 23.7 Å². The van der Waals surface area contributed by atoms with Gasteiger partial charge in [-0.05, 0) is 0 Å². The summed E-state index contributed by atoms with van der Waals surface area (Å²) in [5.41, 5.74) is 2.38. The predicted molar refractivity (Wildman–Crippen MR) is 27.7 cm³/mol. The Morgan fingerprint density at radius 2 is 2.57 bits per heavy atom. The number of allylic oxidation sites excluding steroid dienone is 4. The topological polar surface area (TPSA) is 0 Å². The Morgan fingerprint density at radius 3 is 2.86 bits per heavy atom. The molecule has 0 bridgehead atoms. The van der Waals surface area contributed by atoms with E-state index in [-0.39, 0.29) is 17.1 Å². The molecule has 7 heavy (non-hydrogen) atoms. The third kappa shape index (κ3) is 1.24. The molecule has 0 N–H and O–H groups in total. The van der Waals surface area contributed by atoms with Crippen molar-refractivity contribution < 1.29 is 17.1 Å². The van der Waals surface area contributed by atoms with Gasteiger partial charge >= 0.3 is 51.5 Å². The molecule has 0 unspecified atom stereocenters. The fourth-order valence-corrected chi connectivity index (χ4v) is 2.49. The summed E-state index contributed by atoms with van der Waals surface area (Å²) in [4.78, 5) is 0. The molecule has 0 fully saturated rings. The van der Waals surface area contributed by atoms with Crippen LogP contribution in [0.2, 0.25) is 5.52 Å². The van der Waals surface area contributed by atoms with Gasteiger partial charge < -0.3 is 0 Å². The van der Waals surface area contributed by atoms with Crippen LogP contribution in [0, 0.1) is 0 Å². The predicted octanol–water partition coefficient (Wildman–Crippen LogP) is 1.96. The summed E-state index contributed by atoms with van der Waals surface area (Å²) >= 11 is -0.170. The van der Waals surface area contributed by atoms with Gasteiger partial charge in [0.25, 0.3) is 0 Å². The average Bonchev–Trinajstić information content (AvgIpc) is 2.14. The van der Waals surface area contributed by atoms with Gasteiger partial charge in [0.05, 0.1) is 0 Å². The molecule has 0 aromatic heterocycles. The van der Waals surface area contributed by atoms with Crippen LogP contribution in [0.15, 0.2) is 22.4 Å². The fourth-order valence-electron chi connectivity index (χ4n) is 0.754. The third-order valence-electron chi connectivity index (χ3n) is 1.30. The second-order valence-corrected chi connectivity index (χ2v) is 5.20. The quantitative estimate of drug-likeness (QED) is 0.495. The van der Waals surface area contributed by atoms with Crippen molar-refractivity contribution >= 4 is 0 Å². The number of hydrogen-bond acceptors (Lipinski definition) is 0. The maximum atomic E-state index is 2.38. The molecule has 0 aromatic carbocycles. The minimum atomic E-state index is -0.170. The second-order valence-electron chi connectivity index (χ2n) is 1.81. The Labute approximate surface area is 51.9 Å². The van der Waals surface area contributed by atoms with Crippen LogP contribution in [-0.2, 0) is 17.1 Å². The first kappa shape index (κ1) is 5.24. The summed E-state index contributed by atoms with van der Waals surface area (Å²) in [5, 5.41) is 0. The second kappa shape index (κ2) is 2.42. The van der Waals surface area contributed by atoms with Crippen LogP contribution in [0.4, 0.5) is 0 Å². The van der Waals surface area contributed by atoms with Crippen LogP contribution in [0.25, 0.3) is 0 Å². The molecule has 0 heterocycles. The van der Waals surface area contributed by atoms with Crippen LogP contribution in [0.5, 0.6) is 0 Å². The minimum absolute atomic E-state index is 0.170. The van der Waals surface area contributed by atoms with E-state index in [1.54, 1.807) is 4.17 Å². The first-order valence-corrected chi connectivity index (χ1v) is 7.23. The zero-order valence-electron chi connectivity index (χ0n) is 4.65. The zero-order chi connectivity index (χ0) is 5.11. The summed E-state index contributed by atoms with van der Waals surface area (Å²) < 4.78 is 1.74. The first-order valence-electron chi connectivity index (χ1n) is 2.78.